The first-order chi connectivity index (χ1) is 10.1. The van der Waals surface area contributed by atoms with Gasteiger partial charge in [0.2, 0.25) is 5.58 Å². The maximum Gasteiger partial charge on any atom is 0.354 e. The highest BCUT2D eigenvalue weighted by Crippen LogP contribution is 2.32. The smallest absolute Gasteiger partial charge is 0.354 e. The fourth-order valence-electron chi connectivity index (χ4n) is 2.01. The second-order valence-electron chi connectivity index (χ2n) is 4.21. The van der Waals surface area contributed by atoms with E-state index in [0.29, 0.717) is 11.3 Å². The van der Waals surface area contributed by atoms with Gasteiger partial charge in [-0.25, -0.2) is 4.79 Å². The van der Waals surface area contributed by atoms with E-state index in [1.54, 1.807) is 24.3 Å². The molecule has 3 rings (SSSR count). The molecule has 0 aliphatic heterocycles. The van der Waals surface area contributed by atoms with Crippen molar-refractivity contribution in [1.29, 1.82) is 5.26 Å². The standard InChI is InChI=1S/C14H6N2O5/c15-7-10-5-9-4-8(12-2-1-3-20-12)6-11(16(18)19)13(9)21-14(10)17/h1-6H. The molecular formula is C14H6N2O5. The van der Waals surface area contributed by atoms with Gasteiger partial charge in [0.25, 0.3) is 0 Å². The highest BCUT2D eigenvalue weighted by Gasteiger charge is 2.19. The van der Waals surface area contributed by atoms with Crippen molar-refractivity contribution >= 4 is 16.7 Å². The Bertz CT molecular complexity index is 948. The second kappa shape index (κ2) is 4.61. The summed E-state index contributed by atoms with van der Waals surface area (Å²) in [6.45, 7) is 0. The zero-order valence-electron chi connectivity index (χ0n) is 10.4. The summed E-state index contributed by atoms with van der Waals surface area (Å²) in [5.74, 6) is 0.435. The van der Waals surface area contributed by atoms with E-state index in [2.05, 4.69) is 0 Å². The Morgan fingerprint density at radius 1 is 1.29 bits per heavy atom. The lowest BCUT2D eigenvalue weighted by Gasteiger charge is -2.02. The lowest BCUT2D eigenvalue weighted by molar-refractivity contribution is -0.383. The van der Waals surface area contributed by atoms with Crippen LogP contribution in [0.15, 0.2) is 50.2 Å². The van der Waals surface area contributed by atoms with Gasteiger partial charge in [0, 0.05) is 17.0 Å². The van der Waals surface area contributed by atoms with E-state index < -0.39 is 10.5 Å². The molecule has 0 N–H and O–H groups in total. The zero-order chi connectivity index (χ0) is 15.0. The normalized spacial score (nSPS) is 10.4. The van der Waals surface area contributed by atoms with E-state index in [0.717, 1.165) is 0 Å². The van der Waals surface area contributed by atoms with Gasteiger partial charge in [-0.3, -0.25) is 10.1 Å². The van der Waals surface area contributed by atoms with E-state index in [1.807, 2.05) is 0 Å². The van der Waals surface area contributed by atoms with Crippen LogP contribution in [-0.4, -0.2) is 4.92 Å². The van der Waals surface area contributed by atoms with Crippen molar-refractivity contribution < 1.29 is 13.8 Å². The molecule has 102 valence electrons. The molecule has 2 aromatic heterocycles. The molecule has 0 spiro atoms. The SMILES string of the molecule is N#Cc1cc2cc(-c3ccco3)cc([N+](=O)[O-])c2oc1=O. The van der Waals surface area contributed by atoms with Crippen LogP contribution in [0.4, 0.5) is 5.69 Å². The minimum atomic E-state index is -0.904. The second-order valence-corrected chi connectivity index (χ2v) is 4.21. The molecule has 3 aromatic rings. The molecule has 0 unspecified atom stereocenters. The number of fused-ring (bicyclic) bond motifs is 1. The molecule has 0 amide bonds. The summed E-state index contributed by atoms with van der Waals surface area (Å²) < 4.78 is 10.1. The molecule has 7 heteroatoms. The molecule has 0 aliphatic carbocycles. The van der Waals surface area contributed by atoms with Gasteiger partial charge in [-0.2, -0.15) is 5.26 Å². The van der Waals surface area contributed by atoms with Crippen molar-refractivity contribution in [2.45, 2.75) is 0 Å². The molecule has 0 atom stereocenters. The topological polar surface area (TPSA) is 110 Å². The van der Waals surface area contributed by atoms with Crippen LogP contribution in [0.1, 0.15) is 5.56 Å². The first-order valence-electron chi connectivity index (χ1n) is 5.80. The number of nitriles is 1. The van der Waals surface area contributed by atoms with Gasteiger partial charge in [0.05, 0.1) is 11.2 Å². The first kappa shape index (κ1) is 12.6. The summed E-state index contributed by atoms with van der Waals surface area (Å²) in [5.41, 5.74) is -1.19. The molecule has 21 heavy (non-hydrogen) atoms. The summed E-state index contributed by atoms with van der Waals surface area (Å²) in [7, 11) is 0. The molecule has 7 nitrogen and oxygen atoms in total. The van der Waals surface area contributed by atoms with Crippen LogP contribution in [-0.2, 0) is 0 Å². The number of nitro groups is 1. The van der Waals surface area contributed by atoms with Crippen molar-refractivity contribution in [3.63, 3.8) is 0 Å². The van der Waals surface area contributed by atoms with Gasteiger partial charge in [0.1, 0.15) is 17.4 Å². The van der Waals surface area contributed by atoms with Gasteiger partial charge in [-0.15, -0.1) is 0 Å². The minimum absolute atomic E-state index is 0.167. The van der Waals surface area contributed by atoms with E-state index in [4.69, 9.17) is 14.1 Å². The summed E-state index contributed by atoms with van der Waals surface area (Å²) in [6.07, 6.45) is 1.44. The summed E-state index contributed by atoms with van der Waals surface area (Å²) in [6, 6.07) is 9.07. The van der Waals surface area contributed by atoms with Gasteiger partial charge in [-0.05, 0) is 24.3 Å². The maximum absolute atomic E-state index is 11.5. The predicted molar refractivity (Wildman–Crippen MR) is 71.6 cm³/mol. The molecule has 0 radical (unpaired) electrons. The van der Waals surface area contributed by atoms with E-state index in [-0.39, 0.29) is 22.2 Å². The molecule has 0 saturated carbocycles. The van der Waals surface area contributed by atoms with Crippen LogP contribution in [0.5, 0.6) is 0 Å². The third-order valence-corrected chi connectivity index (χ3v) is 2.94. The first-order valence-corrected chi connectivity index (χ1v) is 5.80. The lowest BCUT2D eigenvalue weighted by Crippen LogP contribution is -2.04. The molecule has 0 saturated heterocycles. The van der Waals surface area contributed by atoms with Gasteiger partial charge < -0.3 is 8.83 Å². The Balaban J connectivity index is 2.41. The Morgan fingerprint density at radius 2 is 2.10 bits per heavy atom. The number of hydrogen-bond acceptors (Lipinski definition) is 6. The van der Waals surface area contributed by atoms with E-state index in [1.165, 1.54) is 18.4 Å². The fraction of sp³-hybridized carbons (Fsp3) is 0. The molecule has 0 bridgehead atoms. The Hall–Kier alpha value is -3.40. The quantitative estimate of drug-likeness (QED) is 0.406. The molecule has 1 aromatic carbocycles. The van der Waals surface area contributed by atoms with Crippen LogP contribution < -0.4 is 5.63 Å². The number of non-ortho nitro benzene ring substituents is 1. The Kier molecular flexibility index (Phi) is 2.77. The highest BCUT2D eigenvalue weighted by molar-refractivity contribution is 5.90. The van der Waals surface area contributed by atoms with Crippen LogP contribution >= 0.6 is 0 Å². The number of furan rings is 1. The van der Waals surface area contributed by atoms with Crippen molar-refractivity contribution in [3.8, 4) is 17.4 Å². The lowest BCUT2D eigenvalue weighted by atomic mass is 10.1. The van der Waals surface area contributed by atoms with Gasteiger partial charge in [-0.1, -0.05) is 0 Å². The zero-order valence-corrected chi connectivity index (χ0v) is 10.4. The number of nitrogens with zero attached hydrogens (tertiary/aromatic N) is 2. The molecule has 0 fully saturated rings. The molecular weight excluding hydrogens is 276 g/mol. The fourth-order valence-corrected chi connectivity index (χ4v) is 2.01. The molecule has 2 heterocycles. The van der Waals surface area contributed by atoms with Crippen LogP contribution in [0.25, 0.3) is 22.3 Å². The predicted octanol–water partition coefficient (Wildman–Crippen LogP) is 2.83. The van der Waals surface area contributed by atoms with E-state index in [9.17, 15) is 14.9 Å². The van der Waals surface area contributed by atoms with Crippen molar-refractivity contribution in [2.75, 3.05) is 0 Å². The number of rotatable bonds is 2. The van der Waals surface area contributed by atoms with Crippen LogP contribution in [0, 0.1) is 21.4 Å². The number of hydrogen-bond donors (Lipinski definition) is 0. The average Bonchev–Trinajstić information content (AvgIpc) is 2.99. The minimum Gasteiger partial charge on any atom is -0.464 e. The molecule has 0 aliphatic rings. The van der Waals surface area contributed by atoms with Crippen LogP contribution in [0.3, 0.4) is 0 Å². The third-order valence-electron chi connectivity index (χ3n) is 2.94. The van der Waals surface area contributed by atoms with Gasteiger partial charge >= 0.3 is 11.3 Å². The third kappa shape index (κ3) is 2.04. The summed E-state index contributed by atoms with van der Waals surface area (Å²) >= 11 is 0. The van der Waals surface area contributed by atoms with E-state index >= 15 is 0 Å². The van der Waals surface area contributed by atoms with Crippen molar-refractivity contribution in [1.82, 2.24) is 0 Å². The summed E-state index contributed by atoms with van der Waals surface area (Å²) in [5, 5.41) is 20.3. The Labute approximate surface area is 116 Å². The van der Waals surface area contributed by atoms with Gasteiger partial charge in [0.15, 0.2) is 0 Å². The van der Waals surface area contributed by atoms with Crippen molar-refractivity contribution in [3.05, 3.63) is 62.7 Å². The van der Waals surface area contributed by atoms with Crippen LogP contribution in [0.2, 0.25) is 0 Å². The summed E-state index contributed by atoms with van der Waals surface area (Å²) in [4.78, 5) is 22.0. The number of nitro benzene ring substituents is 1. The maximum atomic E-state index is 11.5. The number of benzene rings is 1. The largest absolute Gasteiger partial charge is 0.464 e. The average molecular weight is 282 g/mol. The monoisotopic (exact) mass is 282 g/mol. The van der Waals surface area contributed by atoms with Crippen molar-refractivity contribution in [2.24, 2.45) is 0 Å². The Morgan fingerprint density at radius 3 is 2.71 bits per heavy atom. The highest BCUT2D eigenvalue weighted by atomic mass is 16.6.